The molecule has 2 aromatic carbocycles. The molecule has 128 valence electrons. The third kappa shape index (κ3) is 3.32. The molecule has 8 nitrogen and oxygen atoms in total. The third-order valence-electron chi connectivity index (χ3n) is 4.06. The standard InChI is InChI=1S/C17H16N4O4/c1-2-20-8-7-16(22)13-9-14(17(23)10-15(13)20)19-18-11-3-5-12(6-4-11)21(24)25/h3-6,9-10,23H,2,7-8H2,1H3/b19-18+. The Morgan fingerprint density at radius 2 is 1.96 bits per heavy atom. The zero-order chi connectivity index (χ0) is 18.0. The summed E-state index contributed by atoms with van der Waals surface area (Å²) in [6.07, 6.45) is 0.421. The second-order valence-corrected chi connectivity index (χ2v) is 5.58. The number of carbonyl (C=O) groups excluding carboxylic acids is 1. The van der Waals surface area contributed by atoms with Gasteiger partial charge in [-0.05, 0) is 25.1 Å². The molecule has 2 aromatic rings. The van der Waals surface area contributed by atoms with E-state index in [2.05, 4.69) is 10.2 Å². The Morgan fingerprint density at radius 1 is 1.24 bits per heavy atom. The fourth-order valence-corrected chi connectivity index (χ4v) is 2.70. The van der Waals surface area contributed by atoms with Gasteiger partial charge in [0.05, 0.1) is 16.3 Å². The Balaban J connectivity index is 1.91. The molecule has 1 aliphatic heterocycles. The van der Waals surface area contributed by atoms with Crippen LogP contribution in [-0.4, -0.2) is 28.9 Å². The molecule has 0 aliphatic carbocycles. The number of hydrogen-bond acceptors (Lipinski definition) is 7. The molecule has 1 aliphatic rings. The van der Waals surface area contributed by atoms with E-state index in [-0.39, 0.29) is 22.9 Å². The molecule has 3 rings (SSSR count). The van der Waals surface area contributed by atoms with Crippen LogP contribution in [0.2, 0.25) is 0 Å². The minimum Gasteiger partial charge on any atom is -0.506 e. The first kappa shape index (κ1) is 16.6. The van der Waals surface area contributed by atoms with E-state index in [9.17, 15) is 20.0 Å². The Kier molecular flexibility index (Phi) is 4.42. The van der Waals surface area contributed by atoms with Crippen LogP contribution in [-0.2, 0) is 0 Å². The van der Waals surface area contributed by atoms with E-state index >= 15 is 0 Å². The molecule has 0 bridgehead atoms. The van der Waals surface area contributed by atoms with Gasteiger partial charge in [-0.15, -0.1) is 5.11 Å². The summed E-state index contributed by atoms with van der Waals surface area (Å²) in [4.78, 5) is 24.3. The maximum Gasteiger partial charge on any atom is 0.269 e. The highest BCUT2D eigenvalue weighted by molar-refractivity contribution is 6.04. The van der Waals surface area contributed by atoms with E-state index in [1.54, 1.807) is 0 Å². The second kappa shape index (κ2) is 6.68. The van der Waals surface area contributed by atoms with Crippen molar-refractivity contribution in [3.8, 4) is 5.75 Å². The van der Waals surface area contributed by atoms with Crippen LogP contribution in [0.3, 0.4) is 0 Å². The molecule has 0 aromatic heterocycles. The Morgan fingerprint density at radius 3 is 2.60 bits per heavy atom. The molecule has 0 saturated heterocycles. The number of benzene rings is 2. The molecule has 0 spiro atoms. The van der Waals surface area contributed by atoms with Crippen LogP contribution < -0.4 is 4.90 Å². The SMILES string of the molecule is CCN1CCC(=O)c2cc(/N=N/c3ccc([N+](=O)[O-])cc3)c(O)cc21. The normalized spacial score (nSPS) is 14.0. The van der Waals surface area contributed by atoms with Crippen LogP contribution in [0.5, 0.6) is 5.75 Å². The molecule has 25 heavy (non-hydrogen) atoms. The number of nitrogens with zero attached hydrogens (tertiary/aromatic N) is 4. The van der Waals surface area contributed by atoms with Gasteiger partial charge >= 0.3 is 0 Å². The highest BCUT2D eigenvalue weighted by atomic mass is 16.6. The van der Waals surface area contributed by atoms with Gasteiger partial charge in [0, 0.05) is 43.3 Å². The molecule has 0 saturated carbocycles. The summed E-state index contributed by atoms with van der Waals surface area (Å²) in [6, 6.07) is 8.62. The van der Waals surface area contributed by atoms with E-state index in [1.165, 1.54) is 36.4 Å². The smallest absolute Gasteiger partial charge is 0.269 e. The lowest BCUT2D eigenvalue weighted by Gasteiger charge is -2.29. The van der Waals surface area contributed by atoms with Crippen molar-refractivity contribution >= 4 is 28.5 Å². The number of ketones is 1. The predicted molar refractivity (Wildman–Crippen MR) is 92.2 cm³/mol. The van der Waals surface area contributed by atoms with Crippen LogP contribution in [0, 0.1) is 10.1 Å². The number of fused-ring (bicyclic) bond motifs is 1. The predicted octanol–water partition coefficient (Wildman–Crippen LogP) is 4.13. The van der Waals surface area contributed by atoms with E-state index in [0.29, 0.717) is 29.9 Å². The fraction of sp³-hybridized carbons (Fsp3) is 0.235. The number of phenolic OH excluding ortho intramolecular Hbond substituents is 1. The van der Waals surface area contributed by atoms with Crippen LogP contribution in [0.4, 0.5) is 22.7 Å². The zero-order valence-electron chi connectivity index (χ0n) is 13.5. The Hall–Kier alpha value is -3.29. The summed E-state index contributed by atoms with van der Waals surface area (Å²) in [7, 11) is 0. The minimum absolute atomic E-state index is 0.00601. The van der Waals surface area contributed by atoms with Crippen molar-refractivity contribution in [1.29, 1.82) is 0 Å². The number of phenols is 1. The van der Waals surface area contributed by atoms with Crippen LogP contribution in [0.25, 0.3) is 0 Å². The third-order valence-corrected chi connectivity index (χ3v) is 4.06. The average molecular weight is 340 g/mol. The second-order valence-electron chi connectivity index (χ2n) is 5.58. The van der Waals surface area contributed by atoms with Gasteiger partial charge in [-0.3, -0.25) is 14.9 Å². The van der Waals surface area contributed by atoms with Gasteiger partial charge in [0.1, 0.15) is 11.4 Å². The van der Waals surface area contributed by atoms with Gasteiger partial charge in [-0.2, -0.15) is 5.11 Å². The molecule has 8 heteroatoms. The van der Waals surface area contributed by atoms with Crippen molar-refractivity contribution in [2.45, 2.75) is 13.3 Å². The number of hydrogen-bond donors (Lipinski definition) is 1. The molecule has 0 fully saturated rings. The van der Waals surface area contributed by atoms with E-state index in [4.69, 9.17) is 0 Å². The highest BCUT2D eigenvalue weighted by Gasteiger charge is 2.24. The number of aromatic hydroxyl groups is 1. The van der Waals surface area contributed by atoms with E-state index in [0.717, 1.165) is 6.54 Å². The lowest BCUT2D eigenvalue weighted by molar-refractivity contribution is -0.384. The van der Waals surface area contributed by atoms with Crippen LogP contribution >= 0.6 is 0 Å². The van der Waals surface area contributed by atoms with Gasteiger partial charge in [0.15, 0.2) is 5.78 Å². The summed E-state index contributed by atoms with van der Waals surface area (Å²) in [5.74, 6) is -0.0657. The molecule has 1 heterocycles. The molecular formula is C17H16N4O4. The summed E-state index contributed by atoms with van der Waals surface area (Å²) in [6.45, 7) is 3.35. The minimum atomic E-state index is -0.499. The largest absolute Gasteiger partial charge is 0.506 e. The lowest BCUT2D eigenvalue weighted by Crippen LogP contribution is -2.31. The number of nitro groups is 1. The number of azo groups is 1. The zero-order valence-corrected chi connectivity index (χ0v) is 13.5. The van der Waals surface area contributed by atoms with Crippen molar-refractivity contribution < 1.29 is 14.8 Å². The Labute approximate surface area is 143 Å². The number of carbonyl (C=O) groups is 1. The highest BCUT2D eigenvalue weighted by Crippen LogP contribution is 2.38. The number of Topliss-reactive ketones (excluding diaryl/α,β-unsaturated/α-hetero) is 1. The molecule has 0 amide bonds. The molecule has 0 radical (unpaired) electrons. The van der Waals surface area contributed by atoms with E-state index < -0.39 is 4.92 Å². The summed E-state index contributed by atoms with van der Waals surface area (Å²) >= 11 is 0. The first-order chi connectivity index (χ1) is 12.0. The first-order valence-corrected chi connectivity index (χ1v) is 7.81. The molecule has 0 atom stereocenters. The molecule has 0 unspecified atom stereocenters. The summed E-state index contributed by atoms with van der Waals surface area (Å²) < 4.78 is 0. The number of rotatable bonds is 4. The van der Waals surface area contributed by atoms with Gasteiger partial charge < -0.3 is 10.0 Å². The van der Waals surface area contributed by atoms with Gasteiger partial charge in [0.25, 0.3) is 5.69 Å². The Bertz CT molecular complexity index is 862. The fourth-order valence-electron chi connectivity index (χ4n) is 2.70. The van der Waals surface area contributed by atoms with Gasteiger partial charge in [-0.1, -0.05) is 0 Å². The van der Waals surface area contributed by atoms with Crippen molar-refractivity contribution in [2.24, 2.45) is 10.2 Å². The molecule has 1 N–H and O–H groups in total. The van der Waals surface area contributed by atoms with E-state index in [1.807, 2.05) is 11.8 Å². The van der Waals surface area contributed by atoms with Crippen molar-refractivity contribution in [3.63, 3.8) is 0 Å². The maximum absolute atomic E-state index is 12.1. The van der Waals surface area contributed by atoms with Crippen LogP contribution in [0.15, 0.2) is 46.6 Å². The summed E-state index contributed by atoms with van der Waals surface area (Å²) in [5.41, 5.74) is 1.77. The quantitative estimate of drug-likeness (QED) is 0.511. The van der Waals surface area contributed by atoms with Gasteiger partial charge in [-0.25, -0.2) is 0 Å². The monoisotopic (exact) mass is 340 g/mol. The maximum atomic E-state index is 12.1. The van der Waals surface area contributed by atoms with Gasteiger partial charge in [0.2, 0.25) is 0 Å². The lowest BCUT2D eigenvalue weighted by atomic mass is 9.99. The first-order valence-electron chi connectivity index (χ1n) is 7.81. The van der Waals surface area contributed by atoms with Crippen molar-refractivity contribution in [3.05, 3.63) is 52.1 Å². The number of anilines is 1. The number of non-ortho nitro benzene ring substituents is 1. The molecular weight excluding hydrogens is 324 g/mol. The number of nitro benzene ring substituents is 1. The van der Waals surface area contributed by atoms with Crippen molar-refractivity contribution in [1.82, 2.24) is 0 Å². The summed E-state index contributed by atoms with van der Waals surface area (Å²) in [5, 5.41) is 28.8. The van der Waals surface area contributed by atoms with Crippen LogP contribution in [0.1, 0.15) is 23.7 Å². The average Bonchev–Trinajstić information content (AvgIpc) is 2.61. The topological polar surface area (TPSA) is 108 Å². The van der Waals surface area contributed by atoms with Crippen molar-refractivity contribution in [2.75, 3.05) is 18.0 Å².